The van der Waals surface area contributed by atoms with E-state index in [2.05, 4.69) is 29.8 Å². The number of aliphatic hydroxyl groups is 1. The molecule has 1 N–H and O–H groups in total. The zero-order valence-corrected chi connectivity index (χ0v) is 18.1. The van der Waals surface area contributed by atoms with Gasteiger partial charge in [0.2, 0.25) is 0 Å². The normalized spacial score (nSPS) is 18.0. The Hall–Kier alpha value is -2.92. The first-order chi connectivity index (χ1) is 15.0. The molecule has 0 atom stereocenters. The van der Waals surface area contributed by atoms with Gasteiger partial charge in [0.15, 0.2) is 11.6 Å². The van der Waals surface area contributed by atoms with E-state index in [4.69, 9.17) is 5.11 Å². The Bertz CT molecular complexity index is 1000. The summed E-state index contributed by atoms with van der Waals surface area (Å²) in [5, 5.41) is 17.9. The van der Waals surface area contributed by atoms with E-state index in [-0.39, 0.29) is 17.9 Å². The number of hydrogen-bond donors (Lipinski definition) is 1. The zero-order valence-electron chi connectivity index (χ0n) is 18.1. The predicted octanol–water partition coefficient (Wildman–Crippen LogP) is -1.69. The number of rotatable bonds is 5. The van der Waals surface area contributed by atoms with E-state index >= 15 is 0 Å². The first-order valence-electron chi connectivity index (χ1n) is 10.7. The molecule has 0 aromatic carbocycles. The molecule has 2 aliphatic rings. The molecule has 2 aromatic heterocycles. The second-order valence-electron chi connectivity index (χ2n) is 8.02. The van der Waals surface area contributed by atoms with Crippen LogP contribution in [0.25, 0.3) is 0 Å². The molecule has 11 nitrogen and oxygen atoms in total. The van der Waals surface area contributed by atoms with Crippen LogP contribution in [-0.4, -0.2) is 94.8 Å². The van der Waals surface area contributed by atoms with Crippen molar-refractivity contribution in [3.05, 3.63) is 39.0 Å². The highest BCUT2D eigenvalue weighted by Gasteiger charge is 2.22. The Labute approximate surface area is 180 Å². The first kappa shape index (κ1) is 21.3. The van der Waals surface area contributed by atoms with E-state index in [0.717, 1.165) is 62.0 Å². The van der Waals surface area contributed by atoms with Gasteiger partial charge in [-0.1, -0.05) is 0 Å². The number of anilines is 3. The fourth-order valence-corrected chi connectivity index (χ4v) is 4.19. The fraction of sp³-hybridized carbons (Fsp3) is 0.600. The summed E-state index contributed by atoms with van der Waals surface area (Å²) in [4.78, 5) is 32.9. The van der Waals surface area contributed by atoms with Gasteiger partial charge in [0.25, 0.3) is 5.56 Å². The van der Waals surface area contributed by atoms with E-state index in [9.17, 15) is 9.59 Å². The van der Waals surface area contributed by atoms with Crippen molar-refractivity contribution in [3.63, 3.8) is 0 Å². The summed E-state index contributed by atoms with van der Waals surface area (Å²) in [5.41, 5.74) is -0.609. The topological polar surface area (TPSA) is 103 Å². The first-order valence-corrected chi connectivity index (χ1v) is 10.7. The third-order valence-corrected chi connectivity index (χ3v) is 6.18. The molecule has 0 aliphatic carbocycles. The van der Waals surface area contributed by atoms with Gasteiger partial charge in [-0.3, -0.25) is 18.8 Å². The van der Waals surface area contributed by atoms with E-state index in [1.165, 1.54) is 17.7 Å². The molecule has 2 saturated heterocycles. The monoisotopic (exact) mass is 430 g/mol. The van der Waals surface area contributed by atoms with Crippen molar-refractivity contribution in [3.8, 4) is 0 Å². The van der Waals surface area contributed by atoms with E-state index < -0.39 is 0 Å². The van der Waals surface area contributed by atoms with Crippen LogP contribution in [-0.2, 0) is 14.1 Å². The molecule has 11 heteroatoms. The summed E-state index contributed by atoms with van der Waals surface area (Å²) >= 11 is 0. The maximum Gasteiger partial charge on any atom is 0.332 e. The molecule has 0 spiro atoms. The third-order valence-electron chi connectivity index (χ3n) is 6.18. The molecule has 4 heterocycles. The lowest BCUT2D eigenvalue weighted by molar-refractivity contribution is 0.188. The second-order valence-corrected chi connectivity index (χ2v) is 8.02. The van der Waals surface area contributed by atoms with Crippen LogP contribution in [0.5, 0.6) is 0 Å². The zero-order chi connectivity index (χ0) is 22.0. The van der Waals surface area contributed by atoms with Crippen LogP contribution in [0.2, 0.25) is 0 Å². The van der Waals surface area contributed by atoms with Gasteiger partial charge < -0.3 is 19.8 Å². The van der Waals surface area contributed by atoms with E-state index in [0.29, 0.717) is 18.9 Å². The van der Waals surface area contributed by atoms with Crippen molar-refractivity contribution in [1.82, 2.24) is 24.2 Å². The number of piperazine rings is 2. The number of hydrogen-bond acceptors (Lipinski definition) is 9. The van der Waals surface area contributed by atoms with Crippen LogP contribution >= 0.6 is 0 Å². The largest absolute Gasteiger partial charge is 0.395 e. The molecule has 2 fully saturated rings. The summed E-state index contributed by atoms with van der Waals surface area (Å²) in [6, 6.07) is 5.54. The van der Waals surface area contributed by atoms with E-state index in [1.807, 2.05) is 12.1 Å². The molecule has 0 bridgehead atoms. The minimum Gasteiger partial charge on any atom is -0.395 e. The minimum atomic E-state index is -0.316. The van der Waals surface area contributed by atoms with Gasteiger partial charge in [-0.15, -0.1) is 10.2 Å². The lowest BCUT2D eigenvalue weighted by atomic mass is 10.3. The van der Waals surface area contributed by atoms with Gasteiger partial charge in [0, 0.05) is 79.1 Å². The van der Waals surface area contributed by atoms with Crippen molar-refractivity contribution < 1.29 is 5.11 Å². The molecule has 0 saturated carbocycles. The van der Waals surface area contributed by atoms with Gasteiger partial charge in [-0.2, -0.15) is 0 Å². The van der Waals surface area contributed by atoms with Gasteiger partial charge in [0.05, 0.1) is 6.61 Å². The molecular formula is C20H30N8O3. The van der Waals surface area contributed by atoms with Crippen LogP contribution in [0, 0.1) is 0 Å². The smallest absolute Gasteiger partial charge is 0.332 e. The predicted molar refractivity (Wildman–Crippen MR) is 119 cm³/mol. The lowest BCUT2D eigenvalue weighted by Crippen LogP contribution is -2.49. The Morgan fingerprint density at radius 2 is 1.32 bits per heavy atom. The standard InChI is InChI=1S/C20H30N8O3/c1-23-18(15-19(30)24(2)20(23)31)28-11-9-27(10-12-28)17-4-3-16(21-22-17)26-7-5-25(6-8-26)13-14-29/h3-4,15,29H,5-14H2,1-2H3. The van der Waals surface area contributed by atoms with Crippen molar-refractivity contribution in [1.29, 1.82) is 0 Å². The molecule has 2 aromatic rings. The summed E-state index contributed by atoms with van der Waals surface area (Å²) in [6.07, 6.45) is 0. The van der Waals surface area contributed by atoms with Crippen LogP contribution in [0.15, 0.2) is 27.8 Å². The average Bonchev–Trinajstić information content (AvgIpc) is 2.81. The van der Waals surface area contributed by atoms with E-state index in [1.54, 1.807) is 7.05 Å². The van der Waals surface area contributed by atoms with Crippen molar-refractivity contribution >= 4 is 17.5 Å². The molecule has 168 valence electrons. The van der Waals surface area contributed by atoms with Crippen molar-refractivity contribution in [2.75, 3.05) is 80.2 Å². The summed E-state index contributed by atoms with van der Waals surface area (Å²) < 4.78 is 2.63. The molecule has 0 amide bonds. The average molecular weight is 431 g/mol. The highest BCUT2D eigenvalue weighted by atomic mass is 16.3. The van der Waals surface area contributed by atoms with Crippen LogP contribution < -0.4 is 25.9 Å². The highest BCUT2D eigenvalue weighted by molar-refractivity contribution is 5.48. The van der Waals surface area contributed by atoms with Gasteiger partial charge >= 0.3 is 5.69 Å². The third kappa shape index (κ3) is 4.42. The van der Waals surface area contributed by atoms with Gasteiger partial charge in [0.1, 0.15) is 5.82 Å². The number of aromatic nitrogens is 4. The SMILES string of the molecule is Cn1c(N2CCN(c3ccc(N4CCN(CCO)CC4)nn3)CC2)cc(=O)n(C)c1=O. The molecule has 0 radical (unpaired) electrons. The fourth-order valence-electron chi connectivity index (χ4n) is 4.19. The maximum atomic E-state index is 12.2. The highest BCUT2D eigenvalue weighted by Crippen LogP contribution is 2.19. The minimum absolute atomic E-state index is 0.193. The van der Waals surface area contributed by atoms with Crippen molar-refractivity contribution in [2.24, 2.45) is 14.1 Å². The molecule has 4 rings (SSSR count). The number of aliphatic hydroxyl groups excluding tert-OH is 1. The number of β-amino-alcohol motifs (C(OH)–C–C–N with tert-alkyl or cyclic N) is 1. The summed E-state index contributed by atoms with van der Waals surface area (Å²) in [7, 11) is 3.18. The van der Waals surface area contributed by atoms with Crippen LogP contribution in [0.3, 0.4) is 0 Å². The summed E-state index contributed by atoms with van der Waals surface area (Å²) in [5.74, 6) is 2.36. The van der Waals surface area contributed by atoms with Gasteiger partial charge in [-0.05, 0) is 12.1 Å². The Kier molecular flexibility index (Phi) is 6.23. The molecule has 0 unspecified atom stereocenters. The molecular weight excluding hydrogens is 400 g/mol. The maximum absolute atomic E-state index is 12.2. The van der Waals surface area contributed by atoms with Gasteiger partial charge in [-0.25, -0.2) is 4.79 Å². The quantitative estimate of drug-likeness (QED) is 0.595. The molecule has 31 heavy (non-hydrogen) atoms. The molecule has 2 aliphatic heterocycles. The Morgan fingerprint density at radius 3 is 1.84 bits per heavy atom. The summed E-state index contributed by atoms with van der Waals surface area (Å²) in [6.45, 7) is 7.34. The second kappa shape index (κ2) is 9.06. The Morgan fingerprint density at radius 1 is 0.806 bits per heavy atom. The van der Waals surface area contributed by atoms with Crippen LogP contribution in [0.1, 0.15) is 0 Å². The van der Waals surface area contributed by atoms with Crippen LogP contribution in [0.4, 0.5) is 17.5 Å². The van der Waals surface area contributed by atoms with Crippen molar-refractivity contribution in [2.45, 2.75) is 0 Å². The Balaban J connectivity index is 1.37. The lowest BCUT2D eigenvalue weighted by Gasteiger charge is -2.37. The number of nitrogens with zero attached hydrogens (tertiary/aromatic N) is 8.